The lowest BCUT2D eigenvalue weighted by molar-refractivity contribution is -0.122. The van der Waals surface area contributed by atoms with Crippen LogP contribution in [0.5, 0.6) is 0 Å². The summed E-state index contributed by atoms with van der Waals surface area (Å²) in [5, 5.41) is 10.5. The molecule has 0 aliphatic rings. The smallest absolute Gasteiger partial charge is 0.224 e. The Kier molecular flexibility index (Phi) is 7.28. The maximum absolute atomic E-state index is 12.4. The highest BCUT2D eigenvalue weighted by Gasteiger charge is 2.13. The number of aromatic nitrogens is 2. The summed E-state index contributed by atoms with van der Waals surface area (Å²) in [5.41, 5.74) is 4.64. The van der Waals surface area contributed by atoms with E-state index < -0.39 is 0 Å². The van der Waals surface area contributed by atoms with Crippen molar-refractivity contribution in [2.45, 2.75) is 19.4 Å². The van der Waals surface area contributed by atoms with Gasteiger partial charge in [-0.05, 0) is 17.7 Å². The summed E-state index contributed by atoms with van der Waals surface area (Å²) in [4.78, 5) is 24.4. The van der Waals surface area contributed by atoms with Crippen LogP contribution in [-0.2, 0) is 22.6 Å². The summed E-state index contributed by atoms with van der Waals surface area (Å²) in [7, 11) is 0. The molecule has 4 rings (SSSR count). The normalized spacial score (nSPS) is 10.5. The summed E-state index contributed by atoms with van der Waals surface area (Å²) >= 11 is 0. The molecule has 2 amide bonds. The van der Waals surface area contributed by atoms with Crippen LogP contribution in [0.25, 0.3) is 16.9 Å². The van der Waals surface area contributed by atoms with Crippen molar-refractivity contribution in [2.75, 3.05) is 6.54 Å². The Morgan fingerprint density at radius 3 is 2.09 bits per heavy atom. The molecule has 2 N–H and O–H groups in total. The molecule has 0 bridgehead atoms. The highest BCUT2D eigenvalue weighted by molar-refractivity contribution is 5.80. The first kappa shape index (κ1) is 22.0. The van der Waals surface area contributed by atoms with Gasteiger partial charge in [-0.25, -0.2) is 4.68 Å². The van der Waals surface area contributed by atoms with Gasteiger partial charge in [-0.1, -0.05) is 78.9 Å². The zero-order valence-corrected chi connectivity index (χ0v) is 18.3. The van der Waals surface area contributed by atoms with Crippen molar-refractivity contribution in [2.24, 2.45) is 0 Å². The standard InChI is InChI=1S/C27H26N4O2/c32-25(16-17-28-26(33)18-21-10-4-1-5-11-21)29-19-23-20-31(24-14-8-3-9-15-24)30-27(23)22-12-6-2-7-13-22/h1-15,20H,16-19H2,(H,28,33)(H,29,32). The van der Waals surface area contributed by atoms with Gasteiger partial charge in [-0.2, -0.15) is 5.10 Å². The minimum absolute atomic E-state index is 0.0931. The molecule has 0 spiro atoms. The quantitative estimate of drug-likeness (QED) is 0.416. The zero-order chi connectivity index (χ0) is 22.9. The third kappa shape index (κ3) is 6.17. The lowest BCUT2D eigenvalue weighted by atomic mass is 10.1. The average Bonchev–Trinajstić information content (AvgIpc) is 3.29. The van der Waals surface area contributed by atoms with Crippen molar-refractivity contribution in [3.8, 4) is 16.9 Å². The molecular formula is C27H26N4O2. The molecule has 0 aliphatic carbocycles. The van der Waals surface area contributed by atoms with E-state index in [4.69, 9.17) is 5.10 Å². The number of amides is 2. The number of hydrogen-bond acceptors (Lipinski definition) is 3. The van der Waals surface area contributed by atoms with Gasteiger partial charge < -0.3 is 10.6 Å². The highest BCUT2D eigenvalue weighted by atomic mass is 16.2. The molecule has 4 aromatic rings. The lowest BCUT2D eigenvalue weighted by Gasteiger charge is -2.07. The van der Waals surface area contributed by atoms with Gasteiger partial charge in [-0.15, -0.1) is 0 Å². The van der Waals surface area contributed by atoms with Crippen LogP contribution in [0, 0.1) is 0 Å². The molecule has 0 aliphatic heterocycles. The molecule has 0 unspecified atom stereocenters. The van der Waals surface area contributed by atoms with Crippen LogP contribution < -0.4 is 10.6 Å². The van der Waals surface area contributed by atoms with Crippen molar-refractivity contribution in [1.29, 1.82) is 0 Å². The van der Waals surface area contributed by atoms with Gasteiger partial charge >= 0.3 is 0 Å². The van der Waals surface area contributed by atoms with E-state index in [1.807, 2.05) is 102 Å². The summed E-state index contributed by atoms with van der Waals surface area (Å²) < 4.78 is 1.83. The van der Waals surface area contributed by atoms with E-state index in [1.165, 1.54) is 0 Å². The molecule has 0 fully saturated rings. The first-order valence-corrected chi connectivity index (χ1v) is 11.0. The number of carbonyl (C=O) groups is 2. The summed E-state index contributed by atoms with van der Waals surface area (Å²) in [5.74, 6) is -0.217. The number of benzene rings is 3. The number of para-hydroxylation sites is 1. The second kappa shape index (κ2) is 10.9. The van der Waals surface area contributed by atoms with Gasteiger partial charge in [0.2, 0.25) is 11.8 Å². The number of nitrogens with one attached hydrogen (secondary N) is 2. The number of nitrogens with zero attached hydrogens (tertiary/aromatic N) is 2. The van der Waals surface area contributed by atoms with Crippen LogP contribution in [0.4, 0.5) is 0 Å². The van der Waals surface area contributed by atoms with Crippen LogP contribution in [-0.4, -0.2) is 28.1 Å². The van der Waals surface area contributed by atoms with Gasteiger partial charge in [0.05, 0.1) is 17.8 Å². The molecule has 1 aromatic heterocycles. The first-order valence-electron chi connectivity index (χ1n) is 11.0. The summed E-state index contributed by atoms with van der Waals surface area (Å²) in [6.07, 6.45) is 2.47. The van der Waals surface area contributed by atoms with Crippen LogP contribution in [0.2, 0.25) is 0 Å². The minimum Gasteiger partial charge on any atom is -0.355 e. The fourth-order valence-electron chi connectivity index (χ4n) is 3.53. The third-order valence-electron chi connectivity index (χ3n) is 5.22. The average molecular weight is 439 g/mol. The molecule has 6 nitrogen and oxygen atoms in total. The van der Waals surface area contributed by atoms with E-state index in [9.17, 15) is 9.59 Å². The SMILES string of the molecule is O=C(CCNC(=O)Cc1ccccc1)NCc1cn(-c2ccccc2)nc1-c1ccccc1. The van der Waals surface area contributed by atoms with Crippen LogP contribution in [0.3, 0.4) is 0 Å². The zero-order valence-electron chi connectivity index (χ0n) is 18.3. The Morgan fingerprint density at radius 2 is 1.39 bits per heavy atom. The molecule has 1 heterocycles. The molecule has 0 radical (unpaired) electrons. The molecule has 33 heavy (non-hydrogen) atoms. The Hall–Kier alpha value is -4.19. The van der Waals surface area contributed by atoms with Crippen molar-refractivity contribution in [1.82, 2.24) is 20.4 Å². The monoisotopic (exact) mass is 438 g/mol. The van der Waals surface area contributed by atoms with Crippen LogP contribution in [0.15, 0.2) is 97.2 Å². The van der Waals surface area contributed by atoms with Gasteiger partial charge in [-0.3, -0.25) is 9.59 Å². The lowest BCUT2D eigenvalue weighted by Crippen LogP contribution is -2.31. The van der Waals surface area contributed by atoms with E-state index in [0.29, 0.717) is 19.5 Å². The topological polar surface area (TPSA) is 76.0 Å². The number of rotatable bonds is 9. The van der Waals surface area contributed by atoms with Crippen molar-refractivity contribution in [3.63, 3.8) is 0 Å². The molecule has 3 aromatic carbocycles. The van der Waals surface area contributed by atoms with E-state index in [0.717, 1.165) is 28.1 Å². The van der Waals surface area contributed by atoms with Gasteiger partial charge in [0.25, 0.3) is 0 Å². The van der Waals surface area contributed by atoms with E-state index >= 15 is 0 Å². The van der Waals surface area contributed by atoms with Gasteiger partial charge in [0.15, 0.2) is 0 Å². The molecule has 6 heteroatoms. The maximum atomic E-state index is 12.4. The Bertz CT molecular complexity index is 1190. The fourth-order valence-corrected chi connectivity index (χ4v) is 3.53. The third-order valence-corrected chi connectivity index (χ3v) is 5.22. The Labute approximate surface area is 193 Å². The first-order chi connectivity index (χ1) is 16.2. The van der Waals surface area contributed by atoms with Crippen molar-refractivity contribution < 1.29 is 9.59 Å². The molecular weight excluding hydrogens is 412 g/mol. The summed E-state index contributed by atoms with van der Waals surface area (Å²) in [6, 6.07) is 29.3. The molecule has 166 valence electrons. The van der Waals surface area contributed by atoms with Crippen molar-refractivity contribution in [3.05, 3.63) is 108 Å². The molecule has 0 saturated carbocycles. The minimum atomic E-state index is -0.124. The van der Waals surface area contributed by atoms with Crippen molar-refractivity contribution >= 4 is 11.8 Å². The van der Waals surface area contributed by atoms with Gasteiger partial charge in [0.1, 0.15) is 0 Å². The molecule has 0 atom stereocenters. The Balaban J connectivity index is 1.34. The van der Waals surface area contributed by atoms with Crippen LogP contribution in [0.1, 0.15) is 17.5 Å². The second-order valence-corrected chi connectivity index (χ2v) is 7.69. The largest absolute Gasteiger partial charge is 0.355 e. The highest BCUT2D eigenvalue weighted by Crippen LogP contribution is 2.23. The van der Waals surface area contributed by atoms with E-state index in [1.54, 1.807) is 0 Å². The number of carbonyl (C=O) groups excluding carboxylic acids is 2. The van der Waals surface area contributed by atoms with E-state index in [2.05, 4.69) is 10.6 Å². The Morgan fingerprint density at radius 1 is 0.758 bits per heavy atom. The predicted molar refractivity (Wildman–Crippen MR) is 129 cm³/mol. The van der Waals surface area contributed by atoms with E-state index in [-0.39, 0.29) is 18.2 Å². The molecule has 0 saturated heterocycles. The summed E-state index contributed by atoms with van der Waals surface area (Å²) in [6.45, 7) is 0.653. The predicted octanol–water partition coefficient (Wildman–Crippen LogP) is 3.90. The number of hydrogen-bond donors (Lipinski definition) is 2. The van der Waals surface area contributed by atoms with Gasteiger partial charge in [0, 0.05) is 36.8 Å². The van der Waals surface area contributed by atoms with Crippen LogP contribution >= 0.6 is 0 Å². The fraction of sp³-hybridized carbons (Fsp3) is 0.148. The maximum Gasteiger partial charge on any atom is 0.224 e. The second-order valence-electron chi connectivity index (χ2n) is 7.69.